The maximum atomic E-state index is 13.0. The number of carbonyl (C=O) groups is 3. The highest BCUT2D eigenvalue weighted by Crippen LogP contribution is 2.35. The Balaban J connectivity index is 1.44. The zero-order valence-corrected chi connectivity index (χ0v) is 20.3. The predicted molar refractivity (Wildman–Crippen MR) is 131 cm³/mol. The lowest BCUT2D eigenvalue weighted by molar-refractivity contribution is -0.124. The van der Waals surface area contributed by atoms with Gasteiger partial charge in [-0.05, 0) is 49.2 Å². The van der Waals surface area contributed by atoms with Gasteiger partial charge in [-0.3, -0.25) is 19.1 Å². The van der Waals surface area contributed by atoms with Gasteiger partial charge in [-0.2, -0.15) is 5.10 Å². The van der Waals surface area contributed by atoms with Crippen molar-refractivity contribution in [2.45, 2.75) is 37.3 Å². The number of Topliss-reactive ketones (excluding diaryl/α,β-unsaturated/α-hetero) is 2. The topological polar surface area (TPSA) is 106 Å². The van der Waals surface area contributed by atoms with E-state index >= 15 is 0 Å². The number of amides is 1. The van der Waals surface area contributed by atoms with Crippen LogP contribution >= 0.6 is 11.6 Å². The van der Waals surface area contributed by atoms with E-state index in [0.717, 1.165) is 12.8 Å². The molecule has 1 N–H and O–H groups in total. The van der Waals surface area contributed by atoms with Crippen LogP contribution in [0.1, 0.15) is 42.1 Å². The van der Waals surface area contributed by atoms with Crippen molar-refractivity contribution in [3.05, 3.63) is 54.4 Å². The maximum Gasteiger partial charge on any atom is 0.487 e. The summed E-state index contributed by atoms with van der Waals surface area (Å²) in [5.74, 6) is 0.0460. The molecule has 2 fully saturated rings. The first kappa shape index (κ1) is 24.8. The molecule has 192 valence electrons. The van der Waals surface area contributed by atoms with Gasteiger partial charge in [-0.15, -0.1) is 8.78 Å². The normalized spacial score (nSPS) is 17.9. The molecule has 37 heavy (non-hydrogen) atoms. The molecular formula is C25H22ClF2N5O4. The number of benzene rings is 1. The summed E-state index contributed by atoms with van der Waals surface area (Å²) in [6.07, 6.45) is 5.93. The number of carbonyl (C=O) groups excluding carboxylic acids is 3. The number of anilines is 2. The number of nitrogens with zero attached hydrogens (tertiary/aromatic N) is 4. The molecule has 1 aliphatic heterocycles. The minimum atomic E-state index is -3.84. The van der Waals surface area contributed by atoms with E-state index in [1.165, 1.54) is 30.5 Å². The van der Waals surface area contributed by atoms with Crippen molar-refractivity contribution in [2.24, 2.45) is 0 Å². The van der Waals surface area contributed by atoms with Gasteiger partial charge in [0.05, 0.1) is 24.3 Å². The summed E-state index contributed by atoms with van der Waals surface area (Å²) >= 11 is 4.78. The smallest absolute Gasteiger partial charge is 0.420 e. The third kappa shape index (κ3) is 5.46. The summed E-state index contributed by atoms with van der Waals surface area (Å²) < 4.78 is 31.6. The second-order valence-corrected chi connectivity index (χ2v) is 9.35. The number of nitrogens with one attached hydrogen (secondary N) is 1. The highest BCUT2D eigenvalue weighted by atomic mass is 35.5. The van der Waals surface area contributed by atoms with Crippen LogP contribution < -0.4 is 15.0 Å². The first-order chi connectivity index (χ1) is 17.7. The number of hydrogen-bond donors (Lipinski definition) is 1. The fraction of sp³-hybridized carbons (Fsp3) is 0.320. The SMILES string of the molecule is O=C1CN(c2ncc(C(=O)Nc3ccc(OC(F)(F)Cl)cc3)cc2-c2ccnn2C2CCCCC2=O)C1. The van der Waals surface area contributed by atoms with Crippen LogP contribution in [0.4, 0.5) is 20.3 Å². The molecule has 1 atom stereocenters. The Bertz CT molecular complexity index is 1350. The lowest BCUT2D eigenvalue weighted by Crippen LogP contribution is -2.48. The van der Waals surface area contributed by atoms with Crippen LogP contribution in [0.5, 0.6) is 5.75 Å². The Hall–Kier alpha value is -3.86. The fourth-order valence-electron chi connectivity index (χ4n) is 4.49. The van der Waals surface area contributed by atoms with Crippen molar-refractivity contribution in [3.63, 3.8) is 0 Å². The number of aromatic nitrogens is 3. The monoisotopic (exact) mass is 529 g/mol. The van der Waals surface area contributed by atoms with Crippen LogP contribution in [0.2, 0.25) is 0 Å². The molecule has 1 amide bonds. The van der Waals surface area contributed by atoms with Crippen molar-refractivity contribution >= 4 is 40.6 Å². The Kier molecular flexibility index (Phi) is 6.63. The molecule has 12 heteroatoms. The van der Waals surface area contributed by atoms with Crippen molar-refractivity contribution in [3.8, 4) is 17.0 Å². The molecule has 2 aliphatic rings. The van der Waals surface area contributed by atoms with E-state index in [2.05, 4.69) is 20.1 Å². The molecule has 9 nitrogen and oxygen atoms in total. The van der Waals surface area contributed by atoms with Crippen LogP contribution in [0.25, 0.3) is 11.3 Å². The summed E-state index contributed by atoms with van der Waals surface area (Å²) in [5.41, 5.74) is -2.08. The number of pyridine rings is 1. The average molecular weight is 530 g/mol. The molecule has 0 radical (unpaired) electrons. The van der Waals surface area contributed by atoms with Gasteiger partial charge < -0.3 is 15.0 Å². The zero-order valence-electron chi connectivity index (χ0n) is 19.5. The number of ether oxygens (including phenoxy) is 1. The van der Waals surface area contributed by atoms with Crippen molar-refractivity contribution in [1.29, 1.82) is 0 Å². The Morgan fingerprint density at radius 2 is 1.89 bits per heavy atom. The Labute approximate surface area is 215 Å². The largest absolute Gasteiger partial charge is 0.487 e. The van der Waals surface area contributed by atoms with Gasteiger partial charge in [0.25, 0.3) is 5.91 Å². The number of hydrogen-bond acceptors (Lipinski definition) is 7. The lowest BCUT2D eigenvalue weighted by atomic mass is 9.93. The minimum absolute atomic E-state index is 0.0740. The number of halogens is 3. The number of rotatable bonds is 7. The van der Waals surface area contributed by atoms with Crippen molar-refractivity contribution in [1.82, 2.24) is 14.8 Å². The molecule has 0 bridgehead atoms. The van der Waals surface area contributed by atoms with E-state index in [1.807, 2.05) is 0 Å². The first-order valence-electron chi connectivity index (χ1n) is 11.7. The van der Waals surface area contributed by atoms with E-state index < -0.39 is 17.5 Å². The highest BCUT2D eigenvalue weighted by molar-refractivity contribution is 6.20. The molecule has 1 unspecified atom stereocenters. The van der Waals surface area contributed by atoms with E-state index in [-0.39, 0.29) is 36.0 Å². The Morgan fingerprint density at radius 3 is 2.57 bits per heavy atom. The van der Waals surface area contributed by atoms with Gasteiger partial charge in [-0.25, -0.2) is 4.98 Å². The van der Waals surface area contributed by atoms with E-state index in [4.69, 9.17) is 11.6 Å². The number of alkyl halides is 3. The van der Waals surface area contributed by atoms with Crippen LogP contribution in [-0.4, -0.2) is 50.9 Å². The number of ketones is 2. The van der Waals surface area contributed by atoms with Gasteiger partial charge in [0.15, 0.2) is 11.6 Å². The van der Waals surface area contributed by atoms with Crippen LogP contribution in [0, 0.1) is 0 Å². The maximum absolute atomic E-state index is 13.0. The molecule has 2 aromatic heterocycles. The zero-order chi connectivity index (χ0) is 26.2. The molecule has 5 rings (SSSR count). The van der Waals surface area contributed by atoms with Crippen molar-refractivity contribution < 1.29 is 27.9 Å². The fourth-order valence-corrected chi connectivity index (χ4v) is 4.58. The third-order valence-corrected chi connectivity index (χ3v) is 6.35. The molecule has 0 spiro atoms. The summed E-state index contributed by atoms with van der Waals surface area (Å²) in [4.78, 5) is 43.6. The van der Waals surface area contributed by atoms with Crippen LogP contribution in [0.3, 0.4) is 0 Å². The van der Waals surface area contributed by atoms with Crippen LogP contribution in [-0.2, 0) is 9.59 Å². The van der Waals surface area contributed by atoms with Gasteiger partial charge in [-0.1, -0.05) is 6.42 Å². The van der Waals surface area contributed by atoms with Gasteiger partial charge >= 0.3 is 5.57 Å². The van der Waals surface area contributed by atoms with E-state index in [0.29, 0.717) is 35.6 Å². The first-order valence-corrected chi connectivity index (χ1v) is 12.1. The standard InChI is InChI=1S/C25H22ClF2N5O4/c26-25(27,28)37-18-7-5-16(6-8-18)31-24(36)15-11-19(23(29-12-15)32-13-17(34)14-32)20-9-10-30-33(20)21-3-1-2-4-22(21)35/h5-12,21H,1-4,13-14H2,(H,31,36). The second-order valence-electron chi connectivity index (χ2n) is 8.91. The third-order valence-electron chi connectivity index (χ3n) is 6.27. The molecular weight excluding hydrogens is 508 g/mol. The average Bonchev–Trinajstić information content (AvgIpc) is 3.32. The van der Waals surface area contributed by atoms with Crippen molar-refractivity contribution in [2.75, 3.05) is 23.3 Å². The summed E-state index contributed by atoms with van der Waals surface area (Å²) in [6, 6.07) is 8.30. The van der Waals surface area contributed by atoms with Crippen LogP contribution in [0.15, 0.2) is 48.8 Å². The quantitative estimate of drug-likeness (QED) is 0.451. The van der Waals surface area contributed by atoms with Gasteiger partial charge in [0.2, 0.25) is 0 Å². The summed E-state index contributed by atoms with van der Waals surface area (Å²) in [6.45, 7) is 0.412. The Morgan fingerprint density at radius 1 is 1.14 bits per heavy atom. The highest BCUT2D eigenvalue weighted by Gasteiger charge is 2.31. The summed E-state index contributed by atoms with van der Waals surface area (Å²) in [5, 5.41) is 7.10. The molecule has 1 saturated carbocycles. The second kappa shape index (κ2) is 9.89. The van der Waals surface area contributed by atoms with Gasteiger partial charge in [0, 0.05) is 41.7 Å². The van der Waals surface area contributed by atoms with E-state index in [1.54, 1.807) is 27.9 Å². The van der Waals surface area contributed by atoms with E-state index in [9.17, 15) is 23.2 Å². The molecule has 3 heterocycles. The molecule has 1 aliphatic carbocycles. The molecule has 1 saturated heterocycles. The lowest BCUT2D eigenvalue weighted by Gasteiger charge is -2.32. The molecule has 3 aromatic rings. The predicted octanol–water partition coefficient (Wildman–Crippen LogP) is 4.44. The summed E-state index contributed by atoms with van der Waals surface area (Å²) in [7, 11) is 0. The molecule has 1 aromatic carbocycles. The minimum Gasteiger partial charge on any atom is -0.420 e. The van der Waals surface area contributed by atoms with Gasteiger partial charge in [0.1, 0.15) is 17.6 Å².